The van der Waals surface area contributed by atoms with Gasteiger partial charge in [-0.25, -0.2) is 8.42 Å². The van der Waals surface area contributed by atoms with Crippen LogP contribution in [0.15, 0.2) is 28.7 Å². The van der Waals surface area contributed by atoms with Crippen molar-refractivity contribution in [3.63, 3.8) is 0 Å². The lowest BCUT2D eigenvalue weighted by Gasteiger charge is -2.02. The van der Waals surface area contributed by atoms with Crippen LogP contribution in [-0.4, -0.2) is 35.6 Å². The highest BCUT2D eigenvalue weighted by molar-refractivity contribution is 7.92. The number of ether oxygens (including phenoxy) is 1. The third-order valence-electron chi connectivity index (χ3n) is 3.47. The SMILES string of the molecule is Cc1ccc(-c2nnc(COC(=O)CS(=O)(=O)C3CC3)o2)cc1. The smallest absolute Gasteiger partial charge is 0.321 e. The summed E-state index contributed by atoms with van der Waals surface area (Å²) in [6, 6.07) is 7.53. The number of aromatic nitrogens is 2. The Morgan fingerprint density at radius 1 is 1.26 bits per heavy atom. The zero-order chi connectivity index (χ0) is 16.4. The molecule has 122 valence electrons. The molecule has 1 aliphatic rings. The lowest BCUT2D eigenvalue weighted by atomic mass is 10.1. The number of carbonyl (C=O) groups excluding carboxylic acids is 1. The first-order valence-electron chi connectivity index (χ1n) is 7.21. The summed E-state index contributed by atoms with van der Waals surface area (Å²) in [6.45, 7) is 1.73. The van der Waals surface area contributed by atoms with Crippen LogP contribution in [0.5, 0.6) is 0 Å². The number of aryl methyl sites for hydroxylation is 1. The number of hydrogen-bond acceptors (Lipinski definition) is 7. The van der Waals surface area contributed by atoms with E-state index < -0.39 is 21.6 Å². The maximum Gasteiger partial charge on any atom is 0.321 e. The van der Waals surface area contributed by atoms with Crippen LogP contribution in [0.25, 0.3) is 11.5 Å². The fraction of sp³-hybridized carbons (Fsp3) is 0.400. The molecule has 7 nitrogen and oxygen atoms in total. The van der Waals surface area contributed by atoms with Gasteiger partial charge in [-0.15, -0.1) is 10.2 Å². The molecule has 1 aromatic heterocycles. The van der Waals surface area contributed by atoms with Crippen LogP contribution in [0.1, 0.15) is 24.3 Å². The highest BCUT2D eigenvalue weighted by Gasteiger charge is 2.37. The molecule has 8 heteroatoms. The van der Waals surface area contributed by atoms with Crippen molar-refractivity contribution in [2.24, 2.45) is 0 Å². The van der Waals surface area contributed by atoms with E-state index in [0.29, 0.717) is 18.7 Å². The van der Waals surface area contributed by atoms with Crippen molar-refractivity contribution in [1.82, 2.24) is 10.2 Å². The molecular formula is C15H16N2O5S. The number of nitrogens with zero attached hydrogens (tertiary/aromatic N) is 2. The molecule has 0 bridgehead atoms. The van der Waals surface area contributed by atoms with Crippen LogP contribution in [0, 0.1) is 6.92 Å². The highest BCUT2D eigenvalue weighted by atomic mass is 32.2. The average Bonchev–Trinajstić information content (AvgIpc) is 3.26. The Morgan fingerprint density at radius 2 is 1.96 bits per heavy atom. The molecule has 1 saturated carbocycles. The van der Waals surface area contributed by atoms with Crippen LogP contribution < -0.4 is 0 Å². The summed E-state index contributed by atoms with van der Waals surface area (Å²) in [5.41, 5.74) is 1.87. The van der Waals surface area contributed by atoms with Gasteiger partial charge < -0.3 is 9.15 Å². The van der Waals surface area contributed by atoms with E-state index in [1.54, 1.807) is 0 Å². The Hall–Kier alpha value is -2.22. The minimum absolute atomic E-state index is 0.123. The maximum absolute atomic E-state index is 11.7. The number of sulfone groups is 1. The van der Waals surface area contributed by atoms with Crippen molar-refractivity contribution in [2.45, 2.75) is 31.6 Å². The molecule has 1 fully saturated rings. The molecule has 1 aliphatic carbocycles. The summed E-state index contributed by atoms with van der Waals surface area (Å²) in [6.07, 6.45) is 1.25. The molecule has 0 atom stereocenters. The van der Waals surface area contributed by atoms with Crippen molar-refractivity contribution in [3.8, 4) is 11.5 Å². The van der Waals surface area contributed by atoms with Crippen LogP contribution in [0.4, 0.5) is 0 Å². The molecule has 1 heterocycles. The number of carbonyl (C=O) groups is 1. The lowest BCUT2D eigenvalue weighted by Crippen LogP contribution is -2.21. The Kier molecular flexibility index (Phi) is 4.16. The van der Waals surface area contributed by atoms with Crippen molar-refractivity contribution in [2.75, 3.05) is 5.75 Å². The molecule has 1 aromatic carbocycles. The monoisotopic (exact) mass is 336 g/mol. The zero-order valence-electron chi connectivity index (χ0n) is 12.6. The van der Waals surface area contributed by atoms with Gasteiger partial charge in [-0.05, 0) is 31.9 Å². The minimum atomic E-state index is -3.37. The van der Waals surface area contributed by atoms with E-state index in [2.05, 4.69) is 10.2 Å². The Balaban J connectivity index is 1.57. The van der Waals surface area contributed by atoms with E-state index in [1.165, 1.54) is 0 Å². The van der Waals surface area contributed by atoms with Crippen LogP contribution in [0.3, 0.4) is 0 Å². The van der Waals surface area contributed by atoms with Crippen LogP contribution in [0.2, 0.25) is 0 Å². The van der Waals surface area contributed by atoms with Gasteiger partial charge in [0.1, 0.15) is 5.75 Å². The second-order valence-corrected chi connectivity index (χ2v) is 7.82. The molecule has 0 amide bonds. The first-order valence-corrected chi connectivity index (χ1v) is 8.92. The van der Waals surface area contributed by atoms with Gasteiger partial charge in [0, 0.05) is 5.56 Å². The third-order valence-corrected chi connectivity index (χ3v) is 5.60. The molecule has 0 N–H and O–H groups in total. The fourth-order valence-corrected chi connectivity index (χ4v) is 3.52. The number of esters is 1. The van der Waals surface area contributed by atoms with Gasteiger partial charge in [0.05, 0.1) is 5.25 Å². The predicted molar refractivity (Wildman–Crippen MR) is 81.1 cm³/mol. The molecule has 0 unspecified atom stereocenters. The van der Waals surface area contributed by atoms with Gasteiger partial charge in [-0.2, -0.15) is 0 Å². The van der Waals surface area contributed by atoms with Crippen molar-refractivity contribution in [1.29, 1.82) is 0 Å². The average molecular weight is 336 g/mol. The second-order valence-electron chi connectivity index (χ2n) is 5.53. The molecule has 0 spiro atoms. The highest BCUT2D eigenvalue weighted by Crippen LogP contribution is 2.29. The molecule has 2 aromatic rings. The van der Waals surface area contributed by atoms with Gasteiger partial charge >= 0.3 is 5.97 Å². The summed E-state index contributed by atoms with van der Waals surface area (Å²) >= 11 is 0. The van der Waals surface area contributed by atoms with Crippen molar-refractivity contribution in [3.05, 3.63) is 35.7 Å². The van der Waals surface area contributed by atoms with E-state index in [0.717, 1.165) is 11.1 Å². The summed E-state index contributed by atoms with van der Waals surface area (Å²) in [5.74, 6) is -0.956. The topological polar surface area (TPSA) is 99.4 Å². The largest absolute Gasteiger partial charge is 0.455 e. The van der Waals surface area contributed by atoms with Crippen LogP contribution in [-0.2, 0) is 26.0 Å². The number of hydrogen-bond donors (Lipinski definition) is 0. The predicted octanol–water partition coefficient (Wildman–Crippen LogP) is 1.67. The lowest BCUT2D eigenvalue weighted by molar-refractivity contribution is -0.142. The zero-order valence-corrected chi connectivity index (χ0v) is 13.4. The normalized spacial score (nSPS) is 14.7. The molecule has 23 heavy (non-hydrogen) atoms. The van der Waals surface area contributed by atoms with E-state index in [-0.39, 0.29) is 17.7 Å². The fourth-order valence-electron chi connectivity index (χ4n) is 2.02. The van der Waals surface area contributed by atoms with E-state index in [4.69, 9.17) is 9.15 Å². The standard InChI is InChI=1S/C15H16N2O5S/c1-10-2-4-11(5-3-10)15-17-16-13(22-15)8-21-14(18)9-23(19,20)12-6-7-12/h2-5,12H,6-9H2,1H3. The van der Waals surface area contributed by atoms with E-state index in [1.807, 2.05) is 31.2 Å². The van der Waals surface area contributed by atoms with Crippen molar-refractivity contribution < 1.29 is 22.4 Å². The molecule has 0 radical (unpaired) electrons. The van der Waals surface area contributed by atoms with Gasteiger partial charge in [0.15, 0.2) is 16.4 Å². The number of rotatable bonds is 6. The van der Waals surface area contributed by atoms with Gasteiger partial charge in [0.25, 0.3) is 5.89 Å². The second kappa shape index (κ2) is 6.11. The first kappa shape index (κ1) is 15.7. The summed E-state index contributed by atoms with van der Waals surface area (Å²) in [7, 11) is -3.37. The summed E-state index contributed by atoms with van der Waals surface area (Å²) in [5, 5.41) is 7.29. The van der Waals surface area contributed by atoms with Gasteiger partial charge in [-0.1, -0.05) is 17.7 Å². The molecule has 0 aliphatic heterocycles. The molecule has 3 rings (SSSR count). The van der Waals surface area contributed by atoms with E-state index >= 15 is 0 Å². The van der Waals surface area contributed by atoms with Gasteiger partial charge in [-0.3, -0.25) is 4.79 Å². The third kappa shape index (κ3) is 3.95. The maximum atomic E-state index is 11.7. The van der Waals surface area contributed by atoms with Crippen LogP contribution >= 0.6 is 0 Å². The quantitative estimate of drug-likeness (QED) is 0.740. The van der Waals surface area contributed by atoms with Gasteiger partial charge in [0.2, 0.25) is 5.89 Å². The summed E-state index contributed by atoms with van der Waals surface area (Å²) in [4.78, 5) is 11.6. The summed E-state index contributed by atoms with van der Waals surface area (Å²) < 4.78 is 33.7. The molecular weight excluding hydrogens is 320 g/mol. The Bertz CT molecular complexity index is 807. The first-order chi connectivity index (χ1) is 10.9. The molecule has 0 saturated heterocycles. The number of benzene rings is 1. The van der Waals surface area contributed by atoms with E-state index in [9.17, 15) is 13.2 Å². The van der Waals surface area contributed by atoms with Crippen molar-refractivity contribution >= 4 is 15.8 Å². The minimum Gasteiger partial charge on any atom is -0.455 e. The Labute approximate surface area is 133 Å². The Morgan fingerprint density at radius 3 is 2.61 bits per heavy atom.